The Balaban J connectivity index is 1.56. The first kappa shape index (κ1) is 15.3. The first-order valence-corrected chi connectivity index (χ1v) is 10.2. The standard InChI is InChI=1S/C19H27BrO3/c1-17-6-5-14-12(13(17)2-3-15(17)22)8-16-19(20)9-11(21)4-7-18(14,19)10-23-16/h11-14,16,21H,2-10H2,1H3/t11-,12-,13+,14-,16-,17+,18+,19+/m1/s1. The van der Waals surface area contributed by atoms with E-state index >= 15 is 0 Å². The number of carbonyl (C=O) groups excluding carboxylic acids is 1. The average molecular weight is 383 g/mol. The molecule has 0 spiro atoms. The lowest BCUT2D eigenvalue weighted by molar-refractivity contribution is -0.136. The number of aliphatic hydroxyl groups excluding tert-OH is 1. The molecule has 23 heavy (non-hydrogen) atoms. The van der Waals surface area contributed by atoms with E-state index in [1.165, 1.54) is 6.42 Å². The number of hydrogen-bond acceptors (Lipinski definition) is 3. The zero-order valence-corrected chi connectivity index (χ0v) is 15.5. The van der Waals surface area contributed by atoms with Crippen LogP contribution < -0.4 is 0 Å². The molecular formula is C19H27BrO3. The van der Waals surface area contributed by atoms with Gasteiger partial charge in [-0.3, -0.25) is 4.79 Å². The van der Waals surface area contributed by atoms with E-state index in [1.807, 2.05) is 0 Å². The maximum atomic E-state index is 12.5. The molecule has 0 aromatic carbocycles. The highest BCUT2D eigenvalue weighted by atomic mass is 79.9. The van der Waals surface area contributed by atoms with Crippen LogP contribution in [0.1, 0.15) is 58.3 Å². The van der Waals surface area contributed by atoms with Crippen molar-refractivity contribution in [3.63, 3.8) is 0 Å². The minimum absolute atomic E-state index is 0.0326. The van der Waals surface area contributed by atoms with Gasteiger partial charge in [0.25, 0.3) is 0 Å². The summed E-state index contributed by atoms with van der Waals surface area (Å²) < 4.78 is 6.29. The van der Waals surface area contributed by atoms with Crippen LogP contribution >= 0.6 is 15.9 Å². The smallest absolute Gasteiger partial charge is 0.139 e. The van der Waals surface area contributed by atoms with Gasteiger partial charge < -0.3 is 9.84 Å². The summed E-state index contributed by atoms with van der Waals surface area (Å²) in [4.78, 5) is 12.5. The van der Waals surface area contributed by atoms with Crippen molar-refractivity contribution in [2.75, 3.05) is 6.61 Å². The molecule has 0 aromatic heterocycles. The van der Waals surface area contributed by atoms with Gasteiger partial charge in [-0.25, -0.2) is 0 Å². The Morgan fingerprint density at radius 3 is 2.87 bits per heavy atom. The van der Waals surface area contributed by atoms with E-state index in [4.69, 9.17) is 4.74 Å². The molecule has 2 bridgehead atoms. The van der Waals surface area contributed by atoms with Gasteiger partial charge >= 0.3 is 0 Å². The largest absolute Gasteiger partial charge is 0.393 e. The summed E-state index contributed by atoms with van der Waals surface area (Å²) in [7, 11) is 0. The van der Waals surface area contributed by atoms with E-state index in [2.05, 4.69) is 22.9 Å². The van der Waals surface area contributed by atoms with Crippen LogP contribution in [0.25, 0.3) is 0 Å². The number of ketones is 1. The Labute approximate surface area is 146 Å². The molecular weight excluding hydrogens is 356 g/mol. The lowest BCUT2D eigenvalue weighted by Crippen LogP contribution is -2.63. The molecule has 4 saturated carbocycles. The van der Waals surface area contributed by atoms with E-state index in [0.717, 1.165) is 51.6 Å². The molecule has 5 fully saturated rings. The molecule has 8 atom stereocenters. The summed E-state index contributed by atoms with van der Waals surface area (Å²) in [6.45, 7) is 3.10. The van der Waals surface area contributed by atoms with Crippen molar-refractivity contribution >= 4 is 21.7 Å². The number of rotatable bonds is 0. The molecule has 0 unspecified atom stereocenters. The van der Waals surface area contributed by atoms with Crippen LogP contribution in [0.3, 0.4) is 0 Å². The maximum Gasteiger partial charge on any atom is 0.139 e. The van der Waals surface area contributed by atoms with Gasteiger partial charge in [-0.1, -0.05) is 22.9 Å². The van der Waals surface area contributed by atoms with Crippen LogP contribution in [-0.4, -0.2) is 34.0 Å². The summed E-state index contributed by atoms with van der Waals surface area (Å²) in [6, 6.07) is 0. The fourth-order valence-corrected chi connectivity index (χ4v) is 8.78. The number of hydrogen-bond donors (Lipinski definition) is 1. The molecule has 5 rings (SSSR count). The third-order valence-electron chi connectivity index (χ3n) is 8.68. The second kappa shape index (κ2) is 4.62. The lowest BCUT2D eigenvalue weighted by Gasteiger charge is -2.61. The normalized spacial score (nSPS) is 61.0. The number of alkyl halides is 1. The number of halogens is 1. The SMILES string of the molecule is C[C@]12CC[C@@H]3[C@H](C[C@H]4OC[C@@]35CC[C@@H](O)C[C@]45Br)[C@@H]1CCC2=O. The number of ether oxygens (including phenoxy) is 1. The molecule has 5 aliphatic rings. The zero-order valence-electron chi connectivity index (χ0n) is 13.9. The molecule has 0 aromatic rings. The van der Waals surface area contributed by atoms with E-state index in [-0.39, 0.29) is 27.4 Å². The van der Waals surface area contributed by atoms with Gasteiger partial charge in [-0.05, 0) is 62.7 Å². The van der Waals surface area contributed by atoms with Gasteiger partial charge in [-0.15, -0.1) is 0 Å². The Morgan fingerprint density at radius 2 is 2.04 bits per heavy atom. The fraction of sp³-hybridized carbons (Fsp3) is 0.947. The van der Waals surface area contributed by atoms with E-state index < -0.39 is 0 Å². The van der Waals surface area contributed by atoms with Crippen LogP contribution in [0.4, 0.5) is 0 Å². The van der Waals surface area contributed by atoms with E-state index in [0.29, 0.717) is 23.5 Å². The molecule has 1 N–H and O–H groups in total. The summed E-state index contributed by atoms with van der Waals surface area (Å²) in [5, 5.41) is 10.3. The summed E-state index contributed by atoms with van der Waals surface area (Å²) in [6.07, 6.45) is 8.06. The minimum Gasteiger partial charge on any atom is -0.393 e. The first-order valence-electron chi connectivity index (χ1n) is 9.43. The quantitative estimate of drug-likeness (QED) is 0.652. The Hall–Kier alpha value is 0.0700. The Bertz CT molecular complexity index is 565. The summed E-state index contributed by atoms with van der Waals surface area (Å²) in [5.74, 6) is 2.39. The van der Waals surface area contributed by atoms with Crippen LogP contribution in [0.2, 0.25) is 0 Å². The van der Waals surface area contributed by atoms with Crippen molar-refractivity contribution < 1.29 is 14.6 Å². The van der Waals surface area contributed by atoms with Crippen molar-refractivity contribution in [2.24, 2.45) is 28.6 Å². The molecule has 1 saturated heterocycles. The zero-order chi connectivity index (χ0) is 16.0. The summed E-state index contributed by atoms with van der Waals surface area (Å²) >= 11 is 4.11. The van der Waals surface area contributed by atoms with Crippen molar-refractivity contribution in [3.05, 3.63) is 0 Å². The topological polar surface area (TPSA) is 46.5 Å². The first-order chi connectivity index (χ1) is 10.9. The second-order valence-electron chi connectivity index (χ2n) is 9.25. The van der Waals surface area contributed by atoms with Gasteiger partial charge in [0, 0.05) is 17.3 Å². The highest BCUT2D eigenvalue weighted by Gasteiger charge is 2.72. The van der Waals surface area contributed by atoms with Crippen molar-refractivity contribution in [2.45, 2.75) is 74.8 Å². The second-order valence-corrected chi connectivity index (χ2v) is 10.7. The number of aliphatic hydroxyl groups is 1. The van der Waals surface area contributed by atoms with Gasteiger partial charge in [0.05, 0.1) is 23.1 Å². The predicted octanol–water partition coefficient (Wildman–Crippen LogP) is 3.47. The number of fused-ring (bicyclic) bond motifs is 3. The monoisotopic (exact) mass is 382 g/mol. The Kier molecular flexibility index (Phi) is 3.08. The highest BCUT2D eigenvalue weighted by Crippen LogP contribution is 2.71. The number of Topliss-reactive ketones (excluding diaryl/α,β-unsaturated/α-hetero) is 1. The number of carbonyl (C=O) groups is 1. The molecule has 1 heterocycles. The van der Waals surface area contributed by atoms with Gasteiger partial charge in [0.2, 0.25) is 0 Å². The van der Waals surface area contributed by atoms with Crippen LogP contribution in [-0.2, 0) is 9.53 Å². The van der Waals surface area contributed by atoms with Crippen molar-refractivity contribution in [1.82, 2.24) is 0 Å². The Morgan fingerprint density at radius 1 is 1.22 bits per heavy atom. The van der Waals surface area contributed by atoms with Crippen molar-refractivity contribution in [1.29, 1.82) is 0 Å². The molecule has 4 heteroatoms. The lowest BCUT2D eigenvalue weighted by atomic mass is 9.45. The van der Waals surface area contributed by atoms with E-state index in [1.54, 1.807) is 0 Å². The molecule has 1 aliphatic heterocycles. The van der Waals surface area contributed by atoms with Crippen LogP contribution in [0, 0.1) is 28.6 Å². The summed E-state index contributed by atoms with van der Waals surface area (Å²) in [5.41, 5.74) is 0.129. The predicted molar refractivity (Wildman–Crippen MR) is 90.4 cm³/mol. The minimum atomic E-state index is -0.190. The van der Waals surface area contributed by atoms with Crippen molar-refractivity contribution in [3.8, 4) is 0 Å². The van der Waals surface area contributed by atoms with Gasteiger partial charge in [0.1, 0.15) is 5.78 Å². The molecule has 3 nitrogen and oxygen atoms in total. The fourth-order valence-electron chi connectivity index (χ4n) is 7.48. The molecule has 0 amide bonds. The van der Waals surface area contributed by atoms with Gasteiger partial charge in [0.15, 0.2) is 0 Å². The molecule has 4 aliphatic carbocycles. The van der Waals surface area contributed by atoms with E-state index in [9.17, 15) is 9.90 Å². The van der Waals surface area contributed by atoms with Gasteiger partial charge in [-0.2, -0.15) is 0 Å². The molecule has 0 radical (unpaired) electrons. The van der Waals surface area contributed by atoms with Crippen LogP contribution in [0.5, 0.6) is 0 Å². The molecule has 128 valence electrons. The maximum absolute atomic E-state index is 12.5. The third kappa shape index (κ3) is 1.67. The third-order valence-corrected chi connectivity index (χ3v) is 10.3. The highest BCUT2D eigenvalue weighted by molar-refractivity contribution is 9.10. The average Bonchev–Trinajstić information content (AvgIpc) is 2.88. The van der Waals surface area contributed by atoms with Crippen LogP contribution in [0.15, 0.2) is 0 Å².